The first-order valence-corrected chi connectivity index (χ1v) is 10.4. The van der Waals surface area contributed by atoms with Crippen molar-refractivity contribution in [2.24, 2.45) is 0 Å². The van der Waals surface area contributed by atoms with Crippen LogP contribution >= 0.6 is 0 Å². The van der Waals surface area contributed by atoms with E-state index in [4.69, 9.17) is 4.74 Å². The molecule has 0 bridgehead atoms. The molecule has 1 aliphatic rings. The van der Waals surface area contributed by atoms with Crippen LogP contribution in [0.25, 0.3) is 0 Å². The average molecular weight is 413 g/mol. The van der Waals surface area contributed by atoms with E-state index in [2.05, 4.69) is 0 Å². The number of benzene rings is 3. The van der Waals surface area contributed by atoms with Crippen molar-refractivity contribution < 1.29 is 19.1 Å². The number of ether oxygens (including phenoxy) is 1. The quantitative estimate of drug-likeness (QED) is 0.443. The molecule has 0 spiro atoms. The van der Waals surface area contributed by atoms with Crippen molar-refractivity contribution in [3.63, 3.8) is 0 Å². The van der Waals surface area contributed by atoms with Crippen molar-refractivity contribution in [3.8, 4) is 0 Å². The van der Waals surface area contributed by atoms with Crippen molar-refractivity contribution in [1.82, 2.24) is 4.90 Å². The summed E-state index contributed by atoms with van der Waals surface area (Å²) in [6.07, 6.45) is 0.924. The maximum absolute atomic E-state index is 13.0. The van der Waals surface area contributed by atoms with Crippen LogP contribution in [0.5, 0.6) is 0 Å². The third-order valence-corrected chi connectivity index (χ3v) is 5.39. The molecule has 1 heterocycles. The van der Waals surface area contributed by atoms with Gasteiger partial charge in [-0.2, -0.15) is 0 Å². The lowest BCUT2D eigenvalue weighted by molar-refractivity contribution is -0.140. The van der Waals surface area contributed by atoms with E-state index >= 15 is 0 Å². The summed E-state index contributed by atoms with van der Waals surface area (Å²) >= 11 is 0. The van der Waals surface area contributed by atoms with Gasteiger partial charge in [0.15, 0.2) is 5.78 Å². The number of rotatable bonds is 6. The number of hydrogen-bond acceptors (Lipinski definition) is 4. The molecule has 0 radical (unpaired) electrons. The van der Waals surface area contributed by atoms with Crippen LogP contribution in [-0.4, -0.2) is 35.6 Å². The number of carbonyl (C=O) groups is 3. The van der Waals surface area contributed by atoms with E-state index in [9.17, 15) is 14.4 Å². The third kappa shape index (κ3) is 4.72. The molecule has 1 saturated heterocycles. The normalized spacial score (nSPS) is 14.1. The molecular weight excluding hydrogens is 390 g/mol. The van der Waals surface area contributed by atoms with E-state index in [1.165, 1.54) is 0 Å². The van der Waals surface area contributed by atoms with Gasteiger partial charge in [-0.15, -0.1) is 0 Å². The largest absolute Gasteiger partial charge is 0.444 e. The molecule has 5 heteroatoms. The van der Waals surface area contributed by atoms with Gasteiger partial charge in [0, 0.05) is 29.8 Å². The van der Waals surface area contributed by atoms with Gasteiger partial charge in [0.25, 0.3) is 5.91 Å². The minimum Gasteiger partial charge on any atom is -0.444 e. The van der Waals surface area contributed by atoms with Gasteiger partial charge in [0.2, 0.25) is 6.10 Å². The van der Waals surface area contributed by atoms with Crippen LogP contribution in [0.15, 0.2) is 84.9 Å². The fourth-order valence-electron chi connectivity index (χ4n) is 3.68. The van der Waals surface area contributed by atoms with Gasteiger partial charge in [0.1, 0.15) is 0 Å². The molecule has 1 fully saturated rings. The van der Waals surface area contributed by atoms with Crippen molar-refractivity contribution in [2.45, 2.75) is 18.9 Å². The minimum atomic E-state index is -0.988. The summed E-state index contributed by atoms with van der Waals surface area (Å²) < 4.78 is 5.67. The molecule has 0 N–H and O–H groups in total. The summed E-state index contributed by atoms with van der Waals surface area (Å²) in [5.41, 5.74) is 2.00. The maximum Gasteiger partial charge on any atom is 0.339 e. The van der Waals surface area contributed by atoms with Gasteiger partial charge >= 0.3 is 5.97 Å². The highest BCUT2D eigenvalue weighted by atomic mass is 16.5. The predicted molar refractivity (Wildman–Crippen MR) is 117 cm³/mol. The van der Waals surface area contributed by atoms with Crippen molar-refractivity contribution in [1.29, 1.82) is 0 Å². The van der Waals surface area contributed by atoms with Crippen LogP contribution < -0.4 is 0 Å². The molecule has 0 unspecified atom stereocenters. The van der Waals surface area contributed by atoms with Gasteiger partial charge in [-0.1, -0.05) is 72.8 Å². The highest BCUT2D eigenvalue weighted by molar-refractivity contribution is 6.09. The molecule has 1 atom stereocenters. The molecule has 1 amide bonds. The Morgan fingerprint density at radius 3 is 1.81 bits per heavy atom. The van der Waals surface area contributed by atoms with Gasteiger partial charge in [-0.25, -0.2) is 4.79 Å². The van der Waals surface area contributed by atoms with Crippen LogP contribution in [0.2, 0.25) is 0 Å². The van der Waals surface area contributed by atoms with Crippen molar-refractivity contribution in [3.05, 3.63) is 107 Å². The smallest absolute Gasteiger partial charge is 0.339 e. The zero-order valence-electron chi connectivity index (χ0n) is 17.1. The molecule has 156 valence electrons. The molecule has 5 nitrogen and oxygen atoms in total. The van der Waals surface area contributed by atoms with Crippen LogP contribution in [0.3, 0.4) is 0 Å². The van der Waals surface area contributed by atoms with Gasteiger partial charge in [-0.05, 0) is 25.0 Å². The highest BCUT2D eigenvalue weighted by Crippen LogP contribution is 2.24. The molecule has 31 heavy (non-hydrogen) atoms. The zero-order chi connectivity index (χ0) is 21.6. The van der Waals surface area contributed by atoms with Gasteiger partial charge < -0.3 is 9.64 Å². The Labute approximate surface area is 181 Å². The number of likely N-dealkylation sites (tertiary alicyclic amines) is 1. The monoisotopic (exact) mass is 413 g/mol. The van der Waals surface area contributed by atoms with E-state index in [1.807, 2.05) is 24.3 Å². The maximum atomic E-state index is 13.0. The average Bonchev–Trinajstić information content (AvgIpc) is 3.38. The Morgan fingerprint density at radius 1 is 0.677 bits per heavy atom. The molecule has 0 aromatic heterocycles. The summed E-state index contributed by atoms with van der Waals surface area (Å²) in [7, 11) is 0. The number of carbonyl (C=O) groups excluding carboxylic acids is 3. The molecular formula is C26H23NO4. The topological polar surface area (TPSA) is 63.7 Å². The first-order valence-electron chi connectivity index (χ1n) is 10.4. The second kappa shape index (κ2) is 9.39. The van der Waals surface area contributed by atoms with Gasteiger partial charge in [0.05, 0.1) is 5.56 Å². The molecule has 3 aromatic rings. The Morgan fingerprint density at radius 2 is 1.19 bits per heavy atom. The van der Waals surface area contributed by atoms with Gasteiger partial charge in [-0.3, -0.25) is 9.59 Å². The Bertz CT molecular complexity index is 1060. The predicted octanol–water partition coefficient (Wildman–Crippen LogP) is 4.44. The highest BCUT2D eigenvalue weighted by Gasteiger charge is 2.31. The molecule has 0 saturated carbocycles. The summed E-state index contributed by atoms with van der Waals surface area (Å²) in [5, 5.41) is 0. The van der Waals surface area contributed by atoms with Crippen LogP contribution in [0.1, 0.15) is 50.8 Å². The summed E-state index contributed by atoms with van der Waals surface area (Å²) in [5.74, 6) is -0.917. The van der Waals surface area contributed by atoms with Crippen LogP contribution in [-0.2, 0) is 9.53 Å². The minimum absolute atomic E-state index is 0.119. The first-order chi connectivity index (χ1) is 15.1. The van der Waals surface area contributed by atoms with Crippen molar-refractivity contribution >= 4 is 17.7 Å². The van der Waals surface area contributed by atoms with E-state index in [0.29, 0.717) is 35.3 Å². The fourth-order valence-corrected chi connectivity index (χ4v) is 3.68. The van der Waals surface area contributed by atoms with Crippen LogP contribution in [0, 0.1) is 0 Å². The number of amides is 1. The number of ketones is 1. The van der Waals surface area contributed by atoms with E-state index < -0.39 is 12.1 Å². The number of nitrogens with zero attached hydrogens (tertiary/aromatic N) is 1. The lowest BCUT2D eigenvalue weighted by Gasteiger charge is -2.23. The second-order valence-electron chi connectivity index (χ2n) is 7.50. The fraction of sp³-hybridized carbons (Fsp3) is 0.192. The number of esters is 1. The Balaban J connectivity index is 1.52. The summed E-state index contributed by atoms with van der Waals surface area (Å²) in [6, 6.07) is 24.3. The lowest BCUT2D eigenvalue weighted by Crippen LogP contribution is -2.34. The van der Waals surface area contributed by atoms with E-state index in [-0.39, 0.29) is 11.7 Å². The summed E-state index contributed by atoms with van der Waals surface area (Å²) in [6.45, 7) is 1.35. The second-order valence-corrected chi connectivity index (χ2v) is 7.50. The molecule has 1 aliphatic heterocycles. The molecule has 3 aromatic carbocycles. The van der Waals surface area contributed by atoms with Crippen LogP contribution in [0.4, 0.5) is 0 Å². The summed E-state index contributed by atoms with van der Waals surface area (Å²) in [4.78, 5) is 40.1. The molecule has 4 rings (SSSR count). The Hall–Kier alpha value is -3.73. The molecule has 0 aliphatic carbocycles. The van der Waals surface area contributed by atoms with Crippen molar-refractivity contribution in [2.75, 3.05) is 13.1 Å². The Kier molecular flexibility index (Phi) is 6.22. The van der Waals surface area contributed by atoms with E-state index in [1.54, 1.807) is 65.6 Å². The third-order valence-electron chi connectivity index (χ3n) is 5.39. The number of hydrogen-bond donors (Lipinski definition) is 0. The SMILES string of the molecule is O=C(O[C@H](C(=O)N1CCCC1)c1ccccc1)c1ccc(C(=O)c2ccccc2)cc1. The first kappa shape index (κ1) is 20.5. The standard InChI is InChI=1S/C26H23NO4/c28-23(19-9-3-1-4-10-19)20-13-15-22(16-14-20)26(30)31-24(21-11-5-2-6-12-21)25(29)27-17-7-8-18-27/h1-6,9-16,24H,7-8,17-18H2/t24-/m0/s1. The van der Waals surface area contributed by atoms with E-state index in [0.717, 1.165) is 12.8 Å². The zero-order valence-corrected chi connectivity index (χ0v) is 17.1. The lowest BCUT2D eigenvalue weighted by atomic mass is 10.0.